The summed E-state index contributed by atoms with van der Waals surface area (Å²) in [6, 6.07) is 15.5. The van der Waals surface area contributed by atoms with E-state index < -0.39 is 87.5 Å². The highest BCUT2D eigenvalue weighted by Gasteiger charge is 3.13. The highest BCUT2D eigenvalue weighted by molar-refractivity contribution is 5.99. The van der Waals surface area contributed by atoms with Gasteiger partial charge in [-0.05, 0) is 63.5 Å². The van der Waals surface area contributed by atoms with Gasteiger partial charge < -0.3 is 44.0 Å². The van der Waals surface area contributed by atoms with Crippen LogP contribution in [0, 0.1) is 28.1 Å². The average molecular weight is 760 g/mol. The number of benzene rings is 2. The van der Waals surface area contributed by atoms with Crippen LogP contribution < -0.4 is 5.32 Å². The van der Waals surface area contributed by atoms with Gasteiger partial charge in [0.05, 0.1) is 41.8 Å². The number of ketones is 1. The Bertz CT molecular complexity index is 1980. The van der Waals surface area contributed by atoms with Crippen LogP contribution in [0.3, 0.4) is 0 Å². The highest BCUT2D eigenvalue weighted by Crippen LogP contribution is 2.99. The van der Waals surface area contributed by atoms with E-state index in [1.54, 1.807) is 88.4 Å². The molecular weight excluding hydrogens is 710 g/mol. The molecule has 1 saturated heterocycles. The van der Waals surface area contributed by atoms with E-state index in [1.807, 2.05) is 13.8 Å². The monoisotopic (exact) mass is 759 g/mol. The molecule has 1 heterocycles. The van der Waals surface area contributed by atoms with Crippen LogP contribution in [-0.2, 0) is 38.0 Å². The van der Waals surface area contributed by atoms with Crippen molar-refractivity contribution in [1.29, 1.82) is 0 Å². The number of rotatable bonds is 9. The predicted molar refractivity (Wildman–Crippen MR) is 193 cm³/mol. The Morgan fingerprint density at radius 2 is 1.62 bits per heavy atom. The van der Waals surface area contributed by atoms with Gasteiger partial charge in [-0.15, -0.1) is 0 Å². The summed E-state index contributed by atoms with van der Waals surface area (Å²) in [7, 11) is 2.95. The zero-order valence-corrected chi connectivity index (χ0v) is 32.3. The molecule has 1 amide bonds. The lowest BCUT2D eigenvalue weighted by molar-refractivity contribution is -0.394. The number of nitrogens with one attached hydrogen (secondary N) is 1. The molecule has 3 N–H and O–H groups in total. The number of carbonyl (C=O) groups is 4. The third-order valence-electron chi connectivity index (χ3n) is 14.0. The fourth-order valence-electron chi connectivity index (χ4n) is 12.3. The summed E-state index contributed by atoms with van der Waals surface area (Å²) in [4.78, 5) is 56.8. The molecule has 13 heteroatoms. The molecule has 0 aromatic heterocycles. The molecule has 5 unspecified atom stereocenters. The molecule has 2 aromatic rings. The molecule has 13 atom stereocenters. The van der Waals surface area contributed by atoms with Gasteiger partial charge in [0.2, 0.25) is 0 Å². The van der Waals surface area contributed by atoms with Crippen molar-refractivity contribution in [2.75, 3.05) is 20.8 Å². The van der Waals surface area contributed by atoms with Crippen LogP contribution in [0.15, 0.2) is 71.8 Å². The average Bonchev–Trinajstić information content (AvgIpc) is 3.66. The molecular formula is C42H49NO12. The molecule has 4 saturated carbocycles. The van der Waals surface area contributed by atoms with E-state index in [4.69, 9.17) is 28.4 Å². The van der Waals surface area contributed by atoms with E-state index in [9.17, 15) is 24.6 Å². The minimum Gasteiger partial charge on any atom is -0.455 e. The number of amides is 1. The largest absolute Gasteiger partial charge is 0.455 e. The van der Waals surface area contributed by atoms with Crippen LogP contribution in [0.1, 0.15) is 69.9 Å². The third kappa shape index (κ3) is 4.36. The second kappa shape index (κ2) is 12.2. The third-order valence-corrected chi connectivity index (χ3v) is 14.0. The van der Waals surface area contributed by atoms with E-state index in [0.29, 0.717) is 23.1 Å². The van der Waals surface area contributed by atoms with Gasteiger partial charge in [-0.2, -0.15) is 0 Å². The van der Waals surface area contributed by atoms with Crippen molar-refractivity contribution in [3.8, 4) is 0 Å². The summed E-state index contributed by atoms with van der Waals surface area (Å²) in [5.74, 6) is -3.54. The lowest BCUT2D eigenvalue weighted by Gasteiger charge is -2.80. The second-order valence-electron chi connectivity index (χ2n) is 17.2. The molecule has 8 rings (SSSR count). The summed E-state index contributed by atoms with van der Waals surface area (Å²) in [5.41, 5.74) is -6.81. The number of ether oxygens (including phenoxy) is 6. The fraction of sp³-hybridized carbons (Fsp3) is 0.571. The number of fused-ring (bicyclic) bond motifs is 2. The Labute approximate surface area is 319 Å². The smallest absolute Gasteiger partial charge is 0.408 e. The zero-order chi connectivity index (χ0) is 39.7. The van der Waals surface area contributed by atoms with E-state index in [1.165, 1.54) is 14.2 Å². The molecule has 5 aliphatic carbocycles. The van der Waals surface area contributed by atoms with Crippen molar-refractivity contribution in [1.82, 2.24) is 5.32 Å². The summed E-state index contributed by atoms with van der Waals surface area (Å²) >= 11 is 0. The SMILES string of the molecule is CO[C@H]1C(=O)[C@]2(C)[C@@H](OC)CC3OCC3C23C2(C)C1=C(C)[C@@H](OC(=O)[C@H](O)[C@@H](NC(=O)OC(C)(C)C)c1ccccc1)C1[C@@]2(O)[C@]13OC(=O)c1ccccc1. The molecule has 2 aromatic carbocycles. The molecule has 5 fully saturated rings. The number of Topliss-reactive ketones (excluding diaryl/α,β-unsaturated/α-hetero) is 1. The van der Waals surface area contributed by atoms with Gasteiger partial charge in [0, 0.05) is 37.4 Å². The number of hydrogen-bond donors (Lipinski definition) is 3. The van der Waals surface area contributed by atoms with Gasteiger partial charge in [-0.3, -0.25) is 4.79 Å². The van der Waals surface area contributed by atoms with Crippen molar-refractivity contribution in [2.24, 2.45) is 28.1 Å². The first-order valence-electron chi connectivity index (χ1n) is 18.8. The highest BCUT2D eigenvalue weighted by atomic mass is 16.6. The van der Waals surface area contributed by atoms with Gasteiger partial charge in [0.15, 0.2) is 17.5 Å². The maximum absolute atomic E-state index is 15.2. The van der Waals surface area contributed by atoms with Crippen LogP contribution in [0.25, 0.3) is 0 Å². The molecule has 6 aliphatic rings. The summed E-state index contributed by atoms with van der Waals surface area (Å²) in [5, 5.41) is 27.6. The number of carbonyl (C=O) groups excluding carboxylic acids is 4. The van der Waals surface area contributed by atoms with E-state index in [0.717, 1.165) is 0 Å². The standard InChI is InChI=1S/C42H49NO12/c1-21-27-31(51-8)33(45)38(5)26(50-7)19-25-24(20-52-25)40(38)39(27,6)41(49)32(42(40,41)54-34(46)23-17-13-10-14-18-23)30(21)53-35(47)29(44)28(22-15-11-9-12-16-22)43-36(48)55-37(2,3)4/h9-18,24-26,28-32,44,49H,19-20H2,1-8H3,(H,43,48)/t24?,25?,26-,28-,29+,30+,31+,32?,38-,39?,40?,41-,42-/m0/s1. The van der Waals surface area contributed by atoms with Crippen molar-refractivity contribution in [3.63, 3.8) is 0 Å². The second-order valence-corrected chi connectivity index (χ2v) is 17.2. The Balaban J connectivity index is 1.26. The molecule has 13 nitrogen and oxygen atoms in total. The minimum atomic E-state index is -1.95. The predicted octanol–water partition coefficient (Wildman–Crippen LogP) is 3.86. The number of hydrogen-bond acceptors (Lipinski definition) is 12. The Morgan fingerprint density at radius 3 is 2.18 bits per heavy atom. The normalized spacial score (nSPS) is 40.1. The number of methoxy groups -OCH3 is 2. The van der Waals surface area contributed by atoms with Crippen LogP contribution in [0.5, 0.6) is 0 Å². The summed E-state index contributed by atoms with van der Waals surface area (Å²) in [6.07, 6.45) is -5.93. The van der Waals surface area contributed by atoms with Crippen LogP contribution in [0.4, 0.5) is 4.79 Å². The Morgan fingerprint density at radius 1 is 0.982 bits per heavy atom. The van der Waals surface area contributed by atoms with Crippen molar-refractivity contribution < 1.29 is 57.8 Å². The Kier molecular flexibility index (Phi) is 8.36. The molecule has 294 valence electrons. The van der Waals surface area contributed by atoms with Gasteiger partial charge in [-0.25, -0.2) is 14.4 Å². The van der Waals surface area contributed by atoms with Gasteiger partial charge >= 0.3 is 18.0 Å². The number of aliphatic hydroxyl groups is 2. The maximum atomic E-state index is 15.2. The van der Waals surface area contributed by atoms with Crippen molar-refractivity contribution >= 4 is 23.8 Å². The van der Waals surface area contributed by atoms with Gasteiger partial charge in [0.25, 0.3) is 0 Å². The molecule has 1 aliphatic heterocycles. The van der Waals surface area contributed by atoms with Crippen LogP contribution >= 0.6 is 0 Å². The quantitative estimate of drug-likeness (QED) is 0.192. The van der Waals surface area contributed by atoms with Gasteiger partial charge in [0.1, 0.15) is 23.4 Å². The first-order valence-corrected chi connectivity index (χ1v) is 18.8. The van der Waals surface area contributed by atoms with Gasteiger partial charge in [-0.1, -0.05) is 55.5 Å². The summed E-state index contributed by atoms with van der Waals surface area (Å²) < 4.78 is 36.7. The van der Waals surface area contributed by atoms with Crippen molar-refractivity contribution in [2.45, 2.75) is 101 Å². The van der Waals surface area contributed by atoms with E-state index >= 15 is 4.79 Å². The van der Waals surface area contributed by atoms with E-state index in [-0.39, 0.29) is 30.0 Å². The molecule has 0 bridgehead atoms. The minimum absolute atomic E-state index is 0.237. The maximum Gasteiger partial charge on any atom is 0.408 e. The zero-order valence-electron chi connectivity index (χ0n) is 32.3. The van der Waals surface area contributed by atoms with Crippen LogP contribution in [-0.4, -0.2) is 102 Å². The topological polar surface area (TPSA) is 176 Å². The van der Waals surface area contributed by atoms with Crippen molar-refractivity contribution in [3.05, 3.63) is 82.9 Å². The molecule has 1 spiro atoms. The fourth-order valence-corrected chi connectivity index (χ4v) is 12.3. The number of alkyl carbamates (subject to hydrolysis) is 1. The van der Waals surface area contributed by atoms with Crippen LogP contribution in [0.2, 0.25) is 0 Å². The first-order chi connectivity index (χ1) is 25.9. The van der Waals surface area contributed by atoms with E-state index in [2.05, 4.69) is 5.32 Å². The Hall–Kier alpha value is -4.14. The lowest BCUT2D eigenvalue weighted by Crippen LogP contribution is -2.90. The summed E-state index contributed by atoms with van der Waals surface area (Å²) in [6.45, 7) is 10.8. The lowest BCUT2D eigenvalue weighted by atomic mass is 9.25. The number of aliphatic hydroxyl groups excluding tert-OH is 1. The molecule has 0 radical (unpaired) electrons. The first kappa shape index (κ1) is 37.8. The number of esters is 2. The molecule has 55 heavy (non-hydrogen) atoms.